The first-order chi connectivity index (χ1) is 14.6. The molecule has 1 aliphatic carbocycles. The third-order valence-corrected chi connectivity index (χ3v) is 5.66. The van der Waals surface area contributed by atoms with Crippen LogP contribution in [0.5, 0.6) is 11.6 Å². The fourth-order valence-corrected chi connectivity index (χ4v) is 3.89. The molecule has 1 aliphatic heterocycles. The standard InChI is InChI=1S/C22H27F2N3O3/c1-14-2-6-16(7-3-14)26-22-25-12-19(20(27-22)29-18-10-11-28-13-18)15-4-8-17(9-5-15)30-21(23)24/h4-5,8-9,12,14,16,18,21H,2-3,6-7,10-11,13H2,1H3,(H,25,26,27)/t14-,16-,18-/m1/s1. The molecule has 1 aromatic carbocycles. The van der Waals surface area contributed by atoms with Gasteiger partial charge in [-0.15, -0.1) is 0 Å². The van der Waals surface area contributed by atoms with Crippen molar-refractivity contribution in [2.45, 2.75) is 57.8 Å². The van der Waals surface area contributed by atoms with Gasteiger partial charge in [0.25, 0.3) is 0 Å². The second-order valence-corrected chi connectivity index (χ2v) is 8.02. The van der Waals surface area contributed by atoms with Crippen molar-refractivity contribution in [2.24, 2.45) is 5.92 Å². The molecule has 0 unspecified atom stereocenters. The average Bonchev–Trinajstić information content (AvgIpc) is 3.23. The highest BCUT2D eigenvalue weighted by atomic mass is 19.3. The van der Waals surface area contributed by atoms with E-state index in [4.69, 9.17) is 9.47 Å². The van der Waals surface area contributed by atoms with Gasteiger partial charge in [-0.1, -0.05) is 19.1 Å². The summed E-state index contributed by atoms with van der Waals surface area (Å²) in [5.74, 6) is 1.88. The molecule has 0 bridgehead atoms. The molecular weight excluding hydrogens is 392 g/mol. The van der Waals surface area contributed by atoms with Crippen LogP contribution in [0.2, 0.25) is 0 Å². The van der Waals surface area contributed by atoms with Gasteiger partial charge in [0.05, 0.1) is 18.8 Å². The van der Waals surface area contributed by atoms with Crippen LogP contribution in [0.4, 0.5) is 14.7 Å². The SMILES string of the molecule is C[C@H]1CC[C@H](Nc2ncc(-c3ccc(OC(F)F)cc3)c(O[C@@H]3CCOC3)n2)CC1. The Kier molecular flexibility index (Phi) is 6.62. The number of nitrogens with one attached hydrogen (secondary N) is 1. The normalized spacial score (nSPS) is 24.1. The zero-order chi connectivity index (χ0) is 20.9. The van der Waals surface area contributed by atoms with Crippen LogP contribution < -0.4 is 14.8 Å². The Hall–Kier alpha value is -2.48. The lowest BCUT2D eigenvalue weighted by Gasteiger charge is -2.27. The average molecular weight is 419 g/mol. The maximum absolute atomic E-state index is 12.4. The van der Waals surface area contributed by atoms with E-state index in [1.807, 2.05) is 0 Å². The summed E-state index contributed by atoms with van der Waals surface area (Å²) in [5.41, 5.74) is 1.47. The molecule has 1 N–H and O–H groups in total. The van der Waals surface area contributed by atoms with E-state index in [9.17, 15) is 8.78 Å². The molecule has 2 aromatic rings. The van der Waals surface area contributed by atoms with Crippen LogP contribution in [0.25, 0.3) is 11.1 Å². The summed E-state index contributed by atoms with van der Waals surface area (Å²) in [4.78, 5) is 9.13. The number of benzene rings is 1. The van der Waals surface area contributed by atoms with Gasteiger partial charge < -0.3 is 19.5 Å². The van der Waals surface area contributed by atoms with Gasteiger partial charge in [-0.2, -0.15) is 13.8 Å². The number of aromatic nitrogens is 2. The van der Waals surface area contributed by atoms with Gasteiger partial charge in [-0.05, 0) is 49.3 Å². The van der Waals surface area contributed by atoms with Crippen molar-refractivity contribution in [3.63, 3.8) is 0 Å². The number of rotatable bonds is 7. The second-order valence-electron chi connectivity index (χ2n) is 8.02. The van der Waals surface area contributed by atoms with Crippen molar-refractivity contribution in [3.8, 4) is 22.8 Å². The quantitative estimate of drug-likeness (QED) is 0.688. The number of halogens is 2. The number of hydrogen-bond acceptors (Lipinski definition) is 6. The zero-order valence-corrected chi connectivity index (χ0v) is 17.0. The van der Waals surface area contributed by atoms with Crippen LogP contribution in [-0.4, -0.2) is 41.9 Å². The van der Waals surface area contributed by atoms with Crippen molar-refractivity contribution in [3.05, 3.63) is 30.5 Å². The molecule has 1 atom stereocenters. The lowest BCUT2D eigenvalue weighted by Crippen LogP contribution is -2.26. The van der Waals surface area contributed by atoms with Crippen LogP contribution in [0.1, 0.15) is 39.0 Å². The Balaban J connectivity index is 1.55. The van der Waals surface area contributed by atoms with E-state index in [1.54, 1.807) is 18.3 Å². The highest BCUT2D eigenvalue weighted by Crippen LogP contribution is 2.32. The molecule has 30 heavy (non-hydrogen) atoms. The summed E-state index contributed by atoms with van der Waals surface area (Å²) in [6.45, 7) is 0.618. The first-order valence-corrected chi connectivity index (χ1v) is 10.5. The summed E-state index contributed by atoms with van der Waals surface area (Å²) >= 11 is 0. The fraction of sp³-hybridized carbons (Fsp3) is 0.545. The molecule has 8 heteroatoms. The lowest BCUT2D eigenvalue weighted by atomic mass is 9.87. The van der Waals surface area contributed by atoms with Crippen LogP contribution in [0, 0.1) is 5.92 Å². The molecule has 0 amide bonds. The van der Waals surface area contributed by atoms with Crippen LogP contribution in [0.15, 0.2) is 30.5 Å². The van der Waals surface area contributed by atoms with Gasteiger partial charge in [-0.3, -0.25) is 0 Å². The maximum Gasteiger partial charge on any atom is 0.387 e. The van der Waals surface area contributed by atoms with E-state index in [1.165, 1.54) is 25.0 Å². The predicted octanol–water partition coefficient (Wildman–Crippen LogP) is 4.90. The first-order valence-electron chi connectivity index (χ1n) is 10.5. The van der Waals surface area contributed by atoms with Crippen molar-refractivity contribution in [1.29, 1.82) is 0 Å². The Bertz CT molecular complexity index is 821. The minimum absolute atomic E-state index is 0.0662. The summed E-state index contributed by atoms with van der Waals surface area (Å²) in [5, 5.41) is 3.44. The zero-order valence-electron chi connectivity index (χ0n) is 17.0. The number of ether oxygens (including phenoxy) is 3. The highest BCUT2D eigenvalue weighted by Gasteiger charge is 2.23. The van der Waals surface area contributed by atoms with Gasteiger partial charge >= 0.3 is 6.61 Å². The first kappa shape index (κ1) is 20.8. The Morgan fingerprint density at radius 3 is 2.53 bits per heavy atom. The minimum Gasteiger partial charge on any atom is -0.471 e. The lowest BCUT2D eigenvalue weighted by molar-refractivity contribution is -0.0498. The summed E-state index contributed by atoms with van der Waals surface area (Å²) in [7, 11) is 0. The molecule has 0 spiro atoms. The molecule has 1 aromatic heterocycles. The fourth-order valence-electron chi connectivity index (χ4n) is 3.89. The predicted molar refractivity (Wildman–Crippen MR) is 109 cm³/mol. The number of anilines is 1. The molecular formula is C22H27F2N3O3. The van der Waals surface area contributed by atoms with Crippen LogP contribution in [-0.2, 0) is 4.74 Å². The Morgan fingerprint density at radius 1 is 1.10 bits per heavy atom. The smallest absolute Gasteiger partial charge is 0.387 e. The number of nitrogens with zero attached hydrogens (tertiary/aromatic N) is 2. The monoisotopic (exact) mass is 419 g/mol. The molecule has 4 rings (SSSR count). The van der Waals surface area contributed by atoms with Gasteiger partial charge in [0.15, 0.2) is 0 Å². The van der Waals surface area contributed by atoms with Crippen molar-refractivity contribution in [1.82, 2.24) is 9.97 Å². The van der Waals surface area contributed by atoms with Gasteiger partial charge in [0, 0.05) is 18.7 Å². The van der Waals surface area contributed by atoms with E-state index in [-0.39, 0.29) is 11.9 Å². The van der Waals surface area contributed by atoms with Crippen LogP contribution >= 0.6 is 0 Å². The molecule has 2 aliphatic rings. The summed E-state index contributed by atoms with van der Waals surface area (Å²) in [6.07, 6.45) is 7.05. The second kappa shape index (κ2) is 9.55. The van der Waals surface area contributed by atoms with Crippen molar-refractivity contribution in [2.75, 3.05) is 18.5 Å². The Morgan fingerprint density at radius 2 is 1.87 bits per heavy atom. The van der Waals surface area contributed by atoms with Crippen molar-refractivity contribution >= 4 is 5.95 Å². The molecule has 0 radical (unpaired) electrons. The largest absolute Gasteiger partial charge is 0.471 e. The Labute approximate surface area is 175 Å². The molecule has 2 heterocycles. The molecule has 6 nitrogen and oxygen atoms in total. The molecule has 162 valence electrons. The third-order valence-electron chi connectivity index (χ3n) is 5.66. The van der Waals surface area contributed by atoms with E-state index in [0.717, 1.165) is 30.7 Å². The minimum atomic E-state index is -2.85. The van der Waals surface area contributed by atoms with Gasteiger partial charge in [0.2, 0.25) is 11.8 Å². The van der Waals surface area contributed by atoms with Gasteiger partial charge in [0.1, 0.15) is 11.9 Å². The van der Waals surface area contributed by atoms with E-state index in [2.05, 4.69) is 26.9 Å². The highest BCUT2D eigenvalue weighted by molar-refractivity contribution is 5.69. The third kappa shape index (κ3) is 5.36. The molecule has 1 saturated heterocycles. The maximum atomic E-state index is 12.4. The van der Waals surface area contributed by atoms with Crippen molar-refractivity contribution < 1.29 is 23.0 Å². The van der Waals surface area contributed by atoms with E-state index >= 15 is 0 Å². The number of alkyl halides is 2. The number of hydrogen-bond donors (Lipinski definition) is 1. The van der Waals surface area contributed by atoms with Gasteiger partial charge in [-0.25, -0.2) is 4.98 Å². The topological polar surface area (TPSA) is 65.5 Å². The van der Waals surface area contributed by atoms with Crippen LogP contribution in [0.3, 0.4) is 0 Å². The van der Waals surface area contributed by atoms with E-state index in [0.29, 0.717) is 36.6 Å². The molecule has 2 fully saturated rings. The van der Waals surface area contributed by atoms with E-state index < -0.39 is 6.61 Å². The summed E-state index contributed by atoms with van der Waals surface area (Å²) < 4.78 is 40.8. The molecule has 1 saturated carbocycles. The summed E-state index contributed by atoms with van der Waals surface area (Å²) in [6, 6.07) is 6.76.